The van der Waals surface area contributed by atoms with E-state index in [-0.39, 0.29) is 11.4 Å². The van der Waals surface area contributed by atoms with E-state index in [0.29, 0.717) is 18.1 Å². The summed E-state index contributed by atoms with van der Waals surface area (Å²) in [7, 11) is 0. The predicted octanol–water partition coefficient (Wildman–Crippen LogP) is 2.37. The van der Waals surface area contributed by atoms with Gasteiger partial charge < -0.3 is 14.6 Å². The highest BCUT2D eigenvalue weighted by Gasteiger charge is 2.13. The lowest BCUT2D eigenvalue weighted by molar-refractivity contribution is 0.0693. The molecule has 0 saturated carbocycles. The van der Waals surface area contributed by atoms with Gasteiger partial charge in [-0.15, -0.1) is 0 Å². The third kappa shape index (κ3) is 3.19. The number of carboxylic acid groups (broad SMARTS) is 1. The van der Waals surface area contributed by atoms with Crippen molar-refractivity contribution in [2.75, 3.05) is 6.61 Å². The molecule has 0 bridgehead atoms. The first kappa shape index (κ1) is 12.8. The van der Waals surface area contributed by atoms with E-state index in [2.05, 4.69) is 9.97 Å². The first-order chi connectivity index (χ1) is 9.20. The van der Waals surface area contributed by atoms with E-state index in [1.165, 1.54) is 12.5 Å². The van der Waals surface area contributed by atoms with Crippen molar-refractivity contribution < 1.29 is 19.4 Å². The van der Waals surface area contributed by atoms with Crippen LogP contribution in [0.1, 0.15) is 17.3 Å². The van der Waals surface area contributed by atoms with E-state index in [1.54, 1.807) is 24.3 Å². The molecule has 0 unspecified atom stereocenters. The van der Waals surface area contributed by atoms with Crippen molar-refractivity contribution in [3.05, 3.63) is 42.4 Å². The second-order valence-corrected chi connectivity index (χ2v) is 3.56. The van der Waals surface area contributed by atoms with Crippen molar-refractivity contribution in [3.8, 4) is 17.4 Å². The Bertz CT molecular complexity index is 586. The summed E-state index contributed by atoms with van der Waals surface area (Å²) in [5, 5.41) is 9.00. The van der Waals surface area contributed by atoms with Crippen LogP contribution in [0.3, 0.4) is 0 Å². The van der Waals surface area contributed by atoms with Crippen LogP contribution < -0.4 is 9.47 Å². The van der Waals surface area contributed by atoms with Crippen molar-refractivity contribution in [2.24, 2.45) is 0 Å². The zero-order valence-electron chi connectivity index (χ0n) is 10.2. The Hall–Kier alpha value is -2.63. The molecule has 0 aliphatic rings. The van der Waals surface area contributed by atoms with Gasteiger partial charge in [-0.1, -0.05) is 6.07 Å². The van der Waals surface area contributed by atoms with Gasteiger partial charge in [0, 0.05) is 12.3 Å². The molecule has 6 heteroatoms. The van der Waals surface area contributed by atoms with Crippen LogP contribution in [0.2, 0.25) is 0 Å². The molecule has 1 N–H and O–H groups in total. The molecule has 0 aliphatic heterocycles. The molecular weight excluding hydrogens is 248 g/mol. The highest BCUT2D eigenvalue weighted by atomic mass is 16.5. The molecule has 2 aromatic rings. The quantitative estimate of drug-likeness (QED) is 0.888. The molecule has 98 valence electrons. The summed E-state index contributed by atoms with van der Waals surface area (Å²) in [6, 6.07) is 6.89. The number of aromatic carboxylic acids is 1. The summed E-state index contributed by atoms with van der Waals surface area (Å²) in [5.41, 5.74) is -0.0932. The highest BCUT2D eigenvalue weighted by Crippen LogP contribution is 2.25. The van der Waals surface area contributed by atoms with Gasteiger partial charge in [-0.05, 0) is 19.1 Å². The number of carboxylic acids is 1. The molecular formula is C13H12N2O4. The van der Waals surface area contributed by atoms with Crippen LogP contribution in [0.5, 0.6) is 17.4 Å². The molecule has 0 fully saturated rings. The van der Waals surface area contributed by atoms with Gasteiger partial charge >= 0.3 is 5.97 Å². The van der Waals surface area contributed by atoms with Crippen LogP contribution in [-0.4, -0.2) is 27.7 Å². The van der Waals surface area contributed by atoms with Crippen molar-refractivity contribution in [2.45, 2.75) is 6.92 Å². The fraction of sp³-hybridized carbons (Fsp3) is 0.154. The minimum atomic E-state index is -1.14. The molecule has 6 nitrogen and oxygen atoms in total. The number of carbonyl (C=O) groups is 1. The summed E-state index contributed by atoms with van der Waals surface area (Å²) in [6.07, 6.45) is 2.42. The zero-order chi connectivity index (χ0) is 13.7. The molecule has 2 rings (SSSR count). The third-order valence-electron chi connectivity index (χ3n) is 2.24. The smallest absolute Gasteiger partial charge is 0.342 e. The van der Waals surface area contributed by atoms with Crippen LogP contribution >= 0.6 is 0 Å². The number of nitrogens with zero attached hydrogens (tertiary/aromatic N) is 2. The summed E-state index contributed by atoms with van der Waals surface area (Å²) in [5.74, 6) is -0.0502. The second-order valence-electron chi connectivity index (χ2n) is 3.56. The second kappa shape index (κ2) is 5.81. The van der Waals surface area contributed by atoms with E-state index in [0.717, 1.165) is 0 Å². The van der Waals surface area contributed by atoms with Gasteiger partial charge in [0.2, 0.25) is 5.88 Å². The third-order valence-corrected chi connectivity index (χ3v) is 2.24. The van der Waals surface area contributed by atoms with E-state index >= 15 is 0 Å². The average Bonchev–Trinajstić information content (AvgIpc) is 2.40. The SMILES string of the molecule is CCOc1cccc(Oc2ncncc2C(=O)O)c1. The lowest BCUT2D eigenvalue weighted by Gasteiger charge is -2.08. The normalized spacial score (nSPS) is 9.95. The molecule has 19 heavy (non-hydrogen) atoms. The Kier molecular flexibility index (Phi) is 3.92. The predicted molar refractivity (Wildman–Crippen MR) is 66.7 cm³/mol. The van der Waals surface area contributed by atoms with Gasteiger partial charge in [-0.2, -0.15) is 0 Å². The average molecular weight is 260 g/mol. The van der Waals surface area contributed by atoms with Gasteiger partial charge in [0.25, 0.3) is 0 Å². The lowest BCUT2D eigenvalue weighted by Crippen LogP contribution is -2.02. The van der Waals surface area contributed by atoms with E-state index < -0.39 is 5.97 Å². The van der Waals surface area contributed by atoms with Crippen molar-refractivity contribution in [1.29, 1.82) is 0 Å². The fourth-order valence-corrected chi connectivity index (χ4v) is 1.45. The number of hydrogen-bond donors (Lipinski definition) is 1. The van der Waals surface area contributed by atoms with Crippen LogP contribution in [0.25, 0.3) is 0 Å². The van der Waals surface area contributed by atoms with E-state index in [4.69, 9.17) is 14.6 Å². The number of benzene rings is 1. The van der Waals surface area contributed by atoms with Gasteiger partial charge in [-0.25, -0.2) is 14.8 Å². The summed E-state index contributed by atoms with van der Waals surface area (Å²) < 4.78 is 10.8. The van der Waals surface area contributed by atoms with Crippen LogP contribution in [0.4, 0.5) is 0 Å². The van der Waals surface area contributed by atoms with Crippen molar-refractivity contribution >= 4 is 5.97 Å². The Morgan fingerprint density at radius 1 is 1.37 bits per heavy atom. The standard InChI is InChI=1S/C13H12N2O4/c1-2-18-9-4-3-5-10(6-9)19-12-11(13(16)17)7-14-8-15-12/h3-8H,2H2,1H3,(H,16,17). The molecule has 0 atom stereocenters. The number of ether oxygens (including phenoxy) is 2. The number of hydrogen-bond acceptors (Lipinski definition) is 5. The molecule has 1 aromatic heterocycles. The van der Waals surface area contributed by atoms with Crippen LogP contribution in [0.15, 0.2) is 36.8 Å². The Morgan fingerprint density at radius 2 is 2.16 bits per heavy atom. The maximum absolute atomic E-state index is 11.0. The molecule has 0 amide bonds. The fourth-order valence-electron chi connectivity index (χ4n) is 1.45. The minimum absolute atomic E-state index is 0.00357. The van der Waals surface area contributed by atoms with Crippen molar-refractivity contribution in [3.63, 3.8) is 0 Å². The Balaban J connectivity index is 2.26. The molecule has 1 aromatic carbocycles. The minimum Gasteiger partial charge on any atom is -0.494 e. The van der Waals surface area contributed by atoms with Gasteiger partial charge in [0.1, 0.15) is 23.4 Å². The Labute approximate surface area is 109 Å². The summed E-state index contributed by atoms with van der Waals surface area (Å²) in [6.45, 7) is 2.41. The number of rotatable bonds is 5. The van der Waals surface area contributed by atoms with Crippen LogP contribution in [-0.2, 0) is 0 Å². The molecule has 0 aliphatic carbocycles. The van der Waals surface area contributed by atoms with Gasteiger partial charge in [-0.3, -0.25) is 0 Å². The van der Waals surface area contributed by atoms with Gasteiger partial charge in [0.15, 0.2) is 0 Å². The van der Waals surface area contributed by atoms with E-state index in [1.807, 2.05) is 6.92 Å². The zero-order valence-corrected chi connectivity index (χ0v) is 10.2. The topological polar surface area (TPSA) is 81.5 Å². The maximum atomic E-state index is 11.0. The summed E-state index contributed by atoms with van der Waals surface area (Å²) >= 11 is 0. The molecule has 1 heterocycles. The first-order valence-corrected chi connectivity index (χ1v) is 5.64. The van der Waals surface area contributed by atoms with Crippen molar-refractivity contribution in [1.82, 2.24) is 9.97 Å². The van der Waals surface area contributed by atoms with Gasteiger partial charge in [0.05, 0.1) is 6.61 Å². The van der Waals surface area contributed by atoms with E-state index in [9.17, 15) is 4.79 Å². The van der Waals surface area contributed by atoms with Crippen LogP contribution in [0, 0.1) is 0 Å². The molecule has 0 radical (unpaired) electrons. The monoisotopic (exact) mass is 260 g/mol. The Morgan fingerprint density at radius 3 is 2.89 bits per heavy atom. The molecule has 0 saturated heterocycles. The largest absolute Gasteiger partial charge is 0.494 e. The highest BCUT2D eigenvalue weighted by molar-refractivity contribution is 5.89. The first-order valence-electron chi connectivity index (χ1n) is 5.64. The lowest BCUT2D eigenvalue weighted by atomic mass is 10.3. The maximum Gasteiger partial charge on any atom is 0.342 e. The number of aromatic nitrogens is 2. The summed E-state index contributed by atoms with van der Waals surface area (Å²) in [4.78, 5) is 18.5. The molecule has 0 spiro atoms.